The molecule has 0 saturated heterocycles. The van der Waals surface area contributed by atoms with Crippen molar-refractivity contribution in [1.29, 1.82) is 0 Å². The number of aromatic nitrogens is 1. The molecule has 16 heavy (non-hydrogen) atoms. The normalized spacial score (nSPS) is 13.8. The van der Waals surface area contributed by atoms with Gasteiger partial charge in [-0.15, -0.1) is 11.8 Å². The zero-order chi connectivity index (χ0) is 12.0. The summed E-state index contributed by atoms with van der Waals surface area (Å²) >= 11 is 1.82. The van der Waals surface area contributed by atoms with E-state index in [1.54, 1.807) is 0 Å². The number of hydrogen-bond acceptors (Lipinski definition) is 3. The largest absolute Gasteiger partial charge is 0.313 e. The van der Waals surface area contributed by atoms with Gasteiger partial charge in [-0.05, 0) is 24.1 Å². The monoisotopic (exact) mass is 238 g/mol. The fourth-order valence-electron chi connectivity index (χ4n) is 1.46. The van der Waals surface area contributed by atoms with E-state index in [4.69, 9.17) is 0 Å². The maximum absolute atomic E-state index is 4.33. The van der Waals surface area contributed by atoms with Crippen LogP contribution in [0.2, 0.25) is 0 Å². The van der Waals surface area contributed by atoms with E-state index >= 15 is 0 Å². The van der Waals surface area contributed by atoms with Gasteiger partial charge in [0.1, 0.15) is 0 Å². The van der Waals surface area contributed by atoms with Gasteiger partial charge in [0.15, 0.2) is 0 Å². The molecule has 1 N–H and O–H groups in total. The summed E-state index contributed by atoms with van der Waals surface area (Å²) in [4.78, 5) is 4.33. The molecule has 1 rings (SSSR count). The van der Waals surface area contributed by atoms with E-state index in [0.29, 0.717) is 6.04 Å². The molecule has 1 unspecified atom stereocenters. The van der Waals surface area contributed by atoms with Gasteiger partial charge in [-0.25, -0.2) is 4.98 Å². The standard InChI is InChI=1S/C13H22N2S/c1-5-14-11(13(2,3)4)10-16-12-8-6-7-9-15-12/h6-9,11,14H,5,10H2,1-4H3. The second kappa shape index (κ2) is 6.26. The molecule has 0 aromatic carbocycles. The fourth-order valence-corrected chi connectivity index (χ4v) is 2.73. The third-order valence-corrected chi connectivity index (χ3v) is 3.57. The number of thioether (sulfide) groups is 1. The van der Waals surface area contributed by atoms with Crippen LogP contribution < -0.4 is 5.32 Å². The van der Waals surface area contributed by atoms with Crippen LogP contribution in [0.1, 0.15) is 27.7 Å². The minimum atomic E-state index is 0.289. The van der Waals surface area contributed by atoms with Crippen LogP contribution in [0.15, 0.2) is 29.4 Å². The van der Waals surface area contributed by atoms with Crippen molar-refractivity contribution in [2.24, 2.45) is 5.41 Å². The third-order valence-electron chi connectivity index (χ3n) is 2.53. The molecule has 1 heterocycles. The maximum Gasteiger partial charge on any atom is 0.0960 e. The van der Waals surface area contributed by atoms with E-state index in [1.807, 2.05) is 30.1 Å². The highest BCUT2D eigenvalue weighted by Crippen LogP contribution is 2.25. The van der Waals surface area contributed by atoms with E-state index < -0.39 is 0 Å². The summed E-state index contributed by atoms with van der Waals surface area (Å²) in [5.74, 6) is 1.06. The van der Waals surface area contributed by atoms with Gasteiger partial charge in [-0.3, -0.25) is 0 Å². The second-order valence-corrected chi connectivity index (χ2v) is 6.00. The molecular formula is C13H22N2S. The van der Waals surface area contributed by atoms with E-state index in [2.05, 4.69) is 44.1 Å². The van der Waals surface area contributed by atoms with Crippen LogP contribution in [0.4, 0.5) is 0 Å². The van der Waals surface area contributed by atoms with E-state index in [-0.39, 0.29) is 5.41 Å². The molecule has 0 aliphatic heterocycles. The Morgan fingerprint density at radius 2 is 2.12 bits per heavy atom. The molecular weight excluding hydrogens is 216 g/mol. The SMILES string of the molecule is CCNC(CSc1ccccn1)C(C)(C)C. The van der Waals surface area contributed by atoms with Gasteiger partial charge in [0, 0.05) is 18.0 Å². The summed E-state index contributed by atoms with van der Waals surface area (Å²) in [5, 5.41) is 4.65. The molecule has 0 fully saturated rings. The van der Waals surface area contributed by atoms with Crippen molar-refractivity contribution in [3.8, 4) is 0 Å². The van der Waals surface area contributed by atoms with Crippen LogP contribution in [-0.2, 0) is 0 Å². The number of nitrogens with one attached hydrogen (secondary N) is 1. The summed E-state index contributed by atoms with van der Waals surface area (Å²) in [7, 11) is 0. The average Bonchev–Trinajstić information content (AvgIpc) is 2.24. The fraction of sp³-hybridized carbons (Fsp3) is 0.615. The Balaban J connectivity index is 2.51. The van der Waals surface area contributed by atoms with Crippen LogP contribution in [0.3, 0.4) is 0 Å². The smallest absolute Gasteiger partial charge is 0.0960 e. The summed E-state index contributed by atoms with van der Waals surface area (Å²) < 4.78 is 0. The Morgan fingerprint density at radius 1 is 1.38 bits per heavy atom. The van der Waals surface area contributed by atoms with Crippen molar-refractivity contribution in [2.75, 3.05) is 12.3 Å². The zero-order valence-electron chi connectivity index (χ0n) is 10.7. The Morgan fingerprint density at radius 3 is 2.62 bits per heavy atom. The van der Waals surface area contributed by atoms with Crippen molar-refractivity contribution in [1.82, 2.24) is 10.3 Å². The van der Waals surface area contributed by atoms with Crippen LogP contribution in [0, 0.1) is 5.41 Å². The van der Waals surface area contributed by atoms with Gasteiger partial charge in [-0.1, -0.05) is 33.8 Å². The highest BCUT2D eigenvalue weighted by atomic mass is 32.2. The molecule has 1 aromatic heterocycles. The first kappa shape index (κ1) is 13.5. The Bertz CT molecular complexity index is 293. The molecule has 0 spiro atoms. The molecule has 2 nitrogen and oxygen atoms in total. The Hall–Kier alpha value is -0.540. The van der Waals surface area contributed by atoms with E-state index in [9.17, 15) is 0 Å². The van der Waals surface area contributed by atoms with Crippen molar-refractivity contribution in [3.05, 3.63) is 24.4 Å². The summed E-state index contributed by atoms with van der Waals surface area (Å²) in [6, 6.07) is 6.57. The molecule has 0 bridgehead atoms. The Labute approximate surface area is 103 Å². The third kappa shape index (κ3) is 4.54. The number of rotatable bonds is 5. The molecule has 0 saturated carbocycles. The Kier molecular flexibility index (Phi) is 5.29. The van der Waals surface area contributed by atoms with Gasteiger partial charge in [0.2, 0.25) is 0 Å². The van der Waals surface area contributed by atoms with Gasteiger partial charge < -0.3 is 5.32 Å². The van der Waals surface area contributed by atoms with Gasteiger partial charge in [0.25, 0.3) is 0 Å². The lowest BCUT2D eigenvalue weighted by molar-refractivity contribution is 0.295. The molecule has 0 amide bonds. The van der Waals surface area contributed by atoms with E-state index in [1.165, 1.54) is 0 Å². The molecule has 1 aromatic rings. The number of hydrogen-bond donors (Lipinski definition) is 1. The van der Waals surface area contributed by atoms with Gasteiger partial charge >= 0.3 is 0 Å². The lowest BCUT2D eigenvalue weighted by Gasteiger charge is -2.31. The predicted octanol–water partition coefficient (Wildman–Crippen LogP) is 3.20. The summed E-state index contributed by atoms with van der Waals surface area (Å²) in [6.07, 6.45) is 1.85. The molecule has 0 aliphatic rings. The highest BCUT2D eigenvalue weighted by molar-refractivity contribution is 7.99. The predicted molar refractivity (Wildman–Crippen MR) is 71.9 cm³/mol. The zero-order valence-corrected chi connectivity index (χ0v) is 11.5. The summed E-state index contributed by atoms with van der Waals surface area (Å²) in [6.45, 7) is 10.0. The van der Waals surface area contributed by atoms with E-state index in [0.717, 1.165) is 17.3 Å². The quantitative estimate of drug-likeness (QED) is 0.797. The topological polar surface area (TPSA) is 24.9 Å². The first-order valence-electron chi connectivity index (χ1n) is 5.81. The molecule has 0 radical (unpaired) electrons. The molecule has 1 atom stereocenters. The first-order valence-corrected chi connectivity index (χ1v) is 6.80. The van der Waals surface area contributed by atoms with Gasteiger partial charge in [0.05, 0.1) is 5.03 Å². The van der Waals surface area contributed by atoms with Crippen molar-refractivity contribution in [3.63, 3.8) is 0 Å². The highest BCUT2D eigenvalue weighted by Gasteiger charge is 2.23. The van der Waals surface area contributed by atoms with Crippen LogP contribution in [-0.4, -0.2) is 23.3 Å². The molecule has 90 valence electrons. The van der Waals surface area contributed by atoms with Gasteiger partial charge in [-0.2, -0.15) is 0 Å². The molecule has 0 aliphatic carbocycles. The molecule has 3 heteroatoms. The van der Waals surface area contributed by atoms with Crippen LogP contribution in [0.25, 0.3) is 0 Å². The van der Waals surface area contributed by atoms with Crippen LogP contribution >= 0.6 is 11.8 Å². The number of pyridine rings is 1. The average molecular weight is 238 g/mol. The lowest BCUT2D eigenvalue weighted by atomic mass is 9.88. The number of nitrogens with zero attached hydrogens (tertiary/aromatic N) is 1. The van der Waals surface area contributed by atoms with Crippen molar-refractivity contribution in [2.45, 2.75) is 38.8 Å². The first-order chi connectivity index (χ1) is 7.54. The minimum absolute atomic E-state index is 0.289. The van der Waals surface area contributed by atoms with Crippen molar-refractivity contribution < 1.29 is 0 Å². The minimum Gasteiger partial charge on any atom is -0.313 e. The second-order valence-electron chi connectivity index (χ2n) is 4.96. The van der Waals surface area contributed by atoms with Crippen LogP contribution in [0.5, 0.6) is 0 Å². The summed E-state index contributed by atoms with van der Waals surface area (Å²) in [5.41, 5.74) is 0.289. The lowest BCUT2D eigenvalue weighted by Crippen LogP contribution is -2.42. The van der Waals surface area contributed by atoms with Crippen molar-refractivity contribution >= 4 is 11.8 Å². The maximum atomic E-state index is 4.33.